The van der Waals surface area contributed by atoms with Gasteiger partial charge < -0.3 is 9.30 Å². The molecule has 2 aromatic heterocycles. The summed E-state index contributed by atoms with van der Waals surface area (Å²) in [6, 6.07) is 0. The van der Waals surface area contributed by atoms with Crippen LogP contribution in [0.2, 0.25) is 0 Å². The third-order valence-electron chi connectivity index (χ3n) is 4.25. The van der Waals surface area contributed by atoms with Crippen LogP contribution in [0.4, 0.5) is 0 Å². The van der Waals surface area contributed by atoms with Crippen molar-refractivity contribution in [2.45, 2.75) is 52.2 Å². The lowest BCUT2D eigenvalue weighted by Gasteiger charge is -2.19. The number of hydrogen-bond donors (Lipinski definition) is 0. The predicted octanol–water partition coefficient (Wildman–Crippen LogP) is 1.57. The van der Waals surface area contributed by atoms with Gasteiger partial charge >= 0.3 is 0 Å². The van der Waals surface area contributed by atoms with E-state index in [9.17, 15) is 8.42 Å². The van der Waals surface area contributed by atoms with Gasteiger partial charge in [0, 0.05) is 23.8 Å². The first-order chi connectivity index (χ1) is 12.1. The van der Waals surface area contributed by atoms with Crippen molar-refractivity contribution in [2.24, 2.45) is 0 Å². The summed E-state index contributed by atoms with van der Waals surface area (Å²) in [6.45, 7) is 8.52. The van der Waals surface area contributed by atoms with Crippen LogP contribution in [0.25, 0.3) is 0 Å². The maximum atomic E-state index is 12.3. The molecule has 144 valence electrons. The van der Waals surface area contributed by atoms with E-state index >= 15 is 0 Å². The van der Waals surface area contributed by atoms with E-state index in [1.165, 1.54) is 21.9 Å². The molecule has 0 atom stereocenters. The summed E-state index contributed by atoms with van der Waals surface area (Å²) >= 11 is 1.49. The Morgan fingerprint density at radius 1 is 1.27 bits per heavy atom. The van der Waals surface area contributed by atoms with Crippen LogP contribution in [0.5, 0.6) is 0 Å². The van der Waals surface area contributed by atoms with Gasteiger partial charge in [0.05, 0.1) is 38.3 Å². The van der Waals surface area contributed by atoms with Crippen LogP contribution in [0, 0.1) is 0 Å². The molecular weight excluding hydrogens is 374 g/mol. The second-order valence-electron chi connectivity index (χ2n) is 7.45. The van der Waals surface area contributed by atoms with Crippen LogP contribution < -0.4 is 0 Å². The van der Waals surface area contributed by atoms with Gasteiger partial charge in [-0.2, -0.15) is 4.31 Å². The molecule has 0 bridgehead atoms. The lowest BCUT2D eigenvalue weighted by Crippen LogP contribution is -2.30. The SMILES string of the molecule is CC(C)(C)c1csc(CN(Cc2nnc3n2CCOCC3)S(C)(=O)=O)n1. The number of rotatable bonds is 5. The minimum atomic E-state index is -3.41. The zero-order chi connectivity index (χ0) is 18.9. The van der Waals surface area contributed by atoms with Crippen molar-refractivity contribution in [2.75, 3.05) is 19.5 Å². The Morgan fingerprint density at radius 2 is 2.04 bits per heavy atom. The molecule has 8 nitrogen and oxygen atoms in total. The van der Waals surface area contributed by atoms with E-state index in [0.29, 0.717) is 32.0 Å². The molecule has 0 saturated carbocycles. The first-order valence-electron chi connectivity index (χ1n) is 8.53. The summed E-state index contributed by atoms with van der Waals surface area (Å²) in [5.74, 6) is 1.48. The molecule has 0 N–H and O–H groups in total. The summed E-state index contributed by atoms with van der Waals surface area (Å²) in [7, 11) is -3.41. The van der Waals surface area contributed by atoms with Gasteiger partial charge in [-0.15, -0.1) is 21.5 Å². The van der Waals surface area contributed by atoms with Crippen molar-refractivity contribution in [1.82, 2.24) is 24.1 Å². The first kappa shape index (κ1) is 19.4. The smallest absolute Gasteiger partial charge is 0.212 e. The molecule has 26 heavy (non-hydrogen) atoms. The van der Waals surface area contributed by atoms with Crippen LogP contribution in [0.1, 0.15) is 43.1 Å². The molecule has 3 rings (SSSR count). The van der Waals surface area contributed by atoms with E-state index in [2.05, 4.69) is 36.0 Å². The molecule has 1 aliphatic heterocycles. The van der Waals surface area contributed by atoms with Gasteiger partial charge in [0.2, 0.25) is 10.0 Å². The second-order valence-corrected chi connectivity index (χ2v) is 10.4. The predicted molar refractivity (Wildman–Crippen MR) is 99.4 cm³/mol. The van der Waals surface area contributed by atoms with Gasteiger partial charge in [0.25, 0.3) is 0 Å². The normalized spacial score (nSPS) is 15.9. The molecule has 0 saturated heterocycles. The molecule has 0 spiro atoms. The highest BCUT2D eigenvalue weighted by atomic mass is 32.2. The van der Waals surface area contributed by atoms with Crippen molar-refractivity contribution in [3.8, 4) is 0 Å². The summed E-state index contributed by atoms with van der Waals surface area (Å²) in [5.41, 5.74) is 0.911. The maximum absolute atomic E-state index is 12.3. The Morgan fingerprint density at radius 3 is 2.69 bits per heavy atom. The van der Waals surface area contributed by atoms with E-state index in [1.54, 1.807) is 0 Å². The van der Waals surface area contributed by atoms with Crippen LogP contribution in [0.15, 0.2) is 5.38 Å². The molecular formula is C16H25N5O3S2. The maximum Gasteiger partial charge on any atom is 0.212 e. The van der Waals surface area contributed by atoms with Crippen LogP contribution in [-0.2, 0) is 46.2 Å². The summed E-state index contributed by atoms with van der Waals surface area (Å²) in [5, 5.41) is 11.2. The molecule has 10 heteroatoms. The first-order valence-corrected chi connectivity index (χ1v) is 11.3. The molecule has 3 heterocycles. The van der Waals surface area contributed by atoms with Crippen molar-refractivity contribution in [1.29, 1.82) is 0 Å². The number of aromatic nitrogens is 4. The summed E-state index contributed by atoms with van der Waals surface area (Å²) in [6.07, 6.45) is 1.90. The van der Waals surface area contributed by atoms with Crippen molar-refractivity contribution in [3.63, 3.8) is 0 Å². The van der Waals surface area contributed by atoms with Crippen molar-refractivity contribution >= 4 is 21.4 Å². The molecule has 0 unspecified atom stereocenters. The molecule has 0 amide bonds. The lowest BCUT2D eigenvalue weighted by atomic mass is 9.93. The van der Waals surface area contributed by atoms with Gasteiger partial charge in [-0.25, -0.2) is 13.4 Å². The fraction of sp³-hybridized carbons (Fsp3) is 0.688. The molecule has 2 aromatic rings. The average Bonchev–Trinajstić information content (AvgIpc) is 3.07. The van der Waals surface area contributed by atoms with Gasteiger partial charge in [-0.1, -0.05) is 20.8 Å². The average molecular weight is 400 g/mol. The van der Waals surface area contributed by atoms with Gasteiger partial charge in [0.15, 0.2) is 0 Å². The van der Waals surface area contributed by atoms with E-state index in [4.69, 9.17) is 4.74 Å². The highest BCUT2D eigenvalue weighted by Gasteiger charge is 2.25. The second kappa shape index (κ2) is 7.34. The zero-order valence-corrected chi connectivity index (χ0v) is 17.2. The van der Waals surface area contributed by atoms with E-state index in [1.807, 2.05) is 9.95 Å². The number of sulfonamides is 1. The number of nitrogens with zero attached hydrogens (tertiary/aromatic N) is 5. The fourth-order valence-corrected chi connectivity index (χ4v) is 4.50. The van der Waals surface area contributed by atoms with Crippen LogP contribution >= 0.6 is 11.3 Å². The third kappa shape index (κ3) is 4.48. The van der Waals surface area contributed by atoms with Crippen LogP contribution in [0.3, 0.4) is 0 Å². The van der Waals surface area contributed by atoms with E-state index in [-0.39, 0.29) is 18.5 Å². The molecule has 0 radical (unpaired) electrons. The van der Waals surface area contributed by atoms with Crippen molar-refractivity contribution < 1.29 is 13.2 Å². The Kier molecular flexibility index (Phi) is 5.48. The Labute approximate surface area is 158 Å². The van der Waals surface area contributed by atoms with E-state index in [0.717, 1.165) is 16.5 Å². The Bertz CT molecular complexity index is 867. The molecule has 0 fully saturated rings. The topological polar surface area (TPSA) is 90.2 Å². The highest BCUT2D eigenvalue weighted by molar-refractivity contribution is 7.88. The van der Waals surface area contributed by atoms with Crippen molar-refractivity contribution in [3.05, 3.63) is 27.7 Å². The lowest BCUT2D eigenvalue weighted by molar-refractivity contribution is 0.139. The van der Waals surface area contributed by atoms with Crippen LogP contribution in [-0.4, -0.2) is 51.9 Å². The summed E-state index contributed by atoms with van der Waals surface area (Å²) < 4.78 is 33.5. The number of fused-ring (bicyclic) bond motifs is 1. The van der Waals surface area contributed by atoms with E-state index < -0.39 is 10.0 Å². The number of thiazole rings is 1. The van der Waals surface area contributed by atoms with Gasteiger partial charge in [0.1, 0.15) is 16.7 Å². The zero-order valence-electron chi connectivity index (χ0n) is 15.6. The fourth-order valence-electron chi connectivity index (χ4n) is 2.68. The molecule has 0 aromatic carbocycles. The molecule has 0 aliphatic carbocycles. The highest BCUT2D eigenvalue weighted by Crippen LogP contribution is 2.25. The monoisotopic (exact) mass is 399 g/mol. The summed E-state index contributed by atoms with van der Waals surface area (Å²) in [4.78, 5) is 4.62. The molecule has 1 aliphatic rings. The quantitative estimate of drug-likeness (QED) is 0.758. The van der Waals surface area contributed by atoms with Gasteiger partial charge in [-0.05, 0) is 0 Å². The standard InChI is InChI=1S/C16H25N5O3S2/c1-16(2,3)12-11-25-15(17-12)10-20(26(4,22)23)9-14-19-18-13-5-7-24-8-6-21(13)14/h11H,5-10H2,1-4H3. The number of hydrogen-bond acceptors (Lipinski definition) is 7. The number of ether oxygens (including phenoxy) is 1. The minimum absolute atomic E-state index is 0.0605. The minimum Gasteiger partial charge on any atom is -0.379 e. The van der Waals surface area contributed by atoms with Gasteiger partial charge in [-0.3, -0.25) is 0 Å². The Balaban J connectivity index is 1.82. The third-order valence-corrected chi connectivity index (χ3v) is 6.28. The largest absolute Gasteiger partial charge is 0.379 e. The Hall–Kier alpha value is -1.36.